The van der Waals surface area contributed by atoms with E-state index in [1.165, 1.54) is 12.1 Å². The van der Waals surface area contributed by atoms with E-state index in [0.29, 0.717) is 16.9 Å². The Hall–Kier alpha value is -0.800. The van der Waals surface area contributed by atoms with Crippen LogP contribution in [0.5, 0.6) is 0 Å². The van der Waals surface area contributed by atoms with E-state index in [9.17, 15) is 4.39 Å². The Morgan fingerprint density at radius 2 is 2.15 bits per heavy atom. The maximum atomic E-state index is 13.2. The molecule has 0 fully saturated rings. The molecule has 0 radical (unpaired) electrons. The second-order valence-electron chi connectivity index (χ2n) is 3.96. The molecule has 0 saturated carbocycles. The van der Waals surface area contributed by atoms with E-state index in [0.717, 1.165) is 20.6 Å². The van der Waals surface area contributed by atoms with Crippen LogP contribution in [0.25, 0.3) is 11.4 Å². The highest BCUT2D eigenvalue weighted by atomic mass is 127. The second kappa shape index (κ2) is 6.77. The van der Waals surface area contributed by atoms with Crippen molar-refractivity contribution in [3.63, 3.8) is 0 Å². The third-order valence-corrected chi connectivity index (χ3v) is 4.40. The second-order valence-corrected chi connectivity index (χ2v) is 5.90. The largest absolute Gasteiger partial charge is 0.378 e. The average Bonchev–Trinajstić information content (AvgIpc) is 2.41. The fourth-order valence-corrected chi connectivity index (χ4v) is 2.88. The lowest BCUT2D eigenvalue weighted by atomic mass is 10.2. The molecule has 0 aliphatic heterocycles. The zero-order chi connectivity index (χ0) is 14.7. The Morgan fingerprint density at radius 3 is 2.75 bits per heavy atom. The summed E-state index contributed by atoms with van der Waals surface area (Å²) in [5.41, 5.74) is 1.52. The maximum absolute atomic E-state index is 13.2. The molecule has 4 nitrogen and oxygen atoms in total. The summed E-state index contributed by atoms with van der Waals surface area (Å²) in [6.45, 7) is 0.390. The highest BCUT2D eigenvalue weighted by Crippen LogP contribution is 2.29. The van der Waals surface area contributed by atoms with Gasteiger partial charge in [-0.1, -0.05) is 0 Å². The van der Waals surface area contributed by atoms with Gasteiger partial charge in [0.25, 0.3) is 0 Å². The molecule has 106 valence electrons. The number of anilines is 1. The van der Waals surface area contributed by atoms with Crippen molar-refractivity contribution in [3.8, 4) is 11.4 Å². The minimum Gasteiger partial charge on any atom is -0.378 e. The summed E-state index contributed by atoms with van der Waals surface area (Å²) in [6, 6.07) is 4.43. The quantitative estimate of drug-likeness (QED) is 0.717. The number of hydrogen-bond donors (Lipinski definition) is 1. The van der Waals surface area contributed by atoms with Crippen molar-refractivity contribution in [1.82, 2.24) is 9.97 Å². The van der Waals surface area contributed by atoms with Gasteiger partial charge in [0, 0.05) is 24.2 Å². The number of hydrogen-bond acceptors (Lipinski definition) is 4. The number of methoxy groups -OCH3 is 1. The topological polar surface area (TPSA) is 47.0 Å². The zero-order valence-corrected chi connectivity index (χ0v) is 14.6. The SMILES string of the molecule is CNc1nc(-c2ccc(F)cc2Br)nc(COC)c1I. The summed E-state index contributed by atoms with van der Waals surface area (Å²) in [6.07, 6.45) is 0. The lowest BCUT2D eigenvalue weighted by molar-refractivity contribution is 0.181. The van der Waals surface area contributed by atoms with Crippen molar-refractivity contribution in [1.29, 1.82) is 0 Å². The van der Waals surface area contributed by atoms with E-state index in [2.05, 4.69) is 53.8 Å². The Bertz CT molecular complexity index is 639. The number of nitrogens with zero attached hydrogens (tertiary/aromatic N) is 2. The predicted molar refractivity (Wildman–Crippen MR) is 88.1 cm³/mol. The molecular formula is C13H12BrFIN3O. The molecule has 2 aromatic rings. The van der Waals surface area contributed by atoms with Crippen molar-refractivity contribution in [2.24, 2.45) is 0 Å². The average molecular weight is 452 g/mol. The van der Waals surface area contributed by atoms with E-state index < -0.39 is 0 Å². The fraction of sp³-hybridized carbons (Fsp3) is 0.231. The van der Waals surface area contributed by atoms with Gasteiger partial charge in [-0.15, -0.1) is 0 Å². The van der Waals surface area contributed by atoms with Crippen molar-refractivity contribution in [2.45, 2.75) is 6.61 Å². The fourth-order valence-electron chi connectivity index (χ4n) is 1.68. The molecule has 1 N–H and O–H groups in total. The highest BCUT2D eigenvalue weighted by Gasteiger charge is 2.14. The van der Waals surface area contributed by atoms with Gasteiger partial charge in [-0.3, -0.25) is 0 Å². The summed E-state index contributed by atoms with van der Waals surface area (Å²) in [7, 11) is 3.41. The van der Waals surface area contributed by atoms with Gasteiger partial charge in [0.2, 0.25) is 0 Å². The third kappa shape index (κ3) is 3.26. The zero-order valence-electron chi connectivity index (χ0n) is 10.9. The number of ether oxygens (including phenoxy) is 1. The van der Waals surface area contributed by atoms with Crippen molar-refractivity contribution in [2.75, 3.05) is 19.5 Å². The molecule has 1 heterocycles. The molecule has 1 aromatic carbocycles. The van der Waals surface area contributed by atoms with E-state index in [1.54, 1.807) is 20.2 Å². The van der Waals surface area contributed by atoms with Crippen LogP contribution in [0.1, 0.15) is 5.69 Å². The van der Waals surface area contributed by atoms with Crippen LogP contribution in [0.15, 0.2) is 22.7 Å². The summed E-state index contributed by atoms with van der Waals surface area (Å²) >= 11 is 5.51. The lowest BCUT2D eigenvalue weighted by Crippen LogP contribution is -2.06. The number of rotatable bonds is 4. The lowest BCUT2D eigenvalue weighted by Gasteiger charge is -2.11. The minimum absolute atomic E-state index is 0.308. The minimum atomic E-state index is -0.308. The molecule has 2 rings (SSSR count). The molecule has 1 aromatic heterocycles. The molecule has 0 aliphatic carbocycles. The van der Waals surface area contributed by atoms with E-state index >= 15 is 0 Å². The first-order chi connectivity index (χ1) is 9.56. The standard InChI is InChI=1S/C13H12BrFIN3O/c1-17-13-11(16)10(6-20-2)18-12(19-13)8-4-3-7(15)5-9(8)14/h3-5H,6H2,1-2H3,(H,17,18,19). The number of benzene rings is 1. The van der Waals surface area contributed by atoms with Crippen LogP contribution in [0.2, 0.25) is 0 Å². The predicted octanol–water partition coefficient (Wildman–Crippen LogP) is 3.84. The van der Waals surface area contributed by atoms with Gasteiger partial charge in [-0.25, -0.2) is 14.4 Å². The molecule has 0 atom stereocenters. The summed E-state index contributed by atoms with van der Waals surface area (Å²) in [4.78, 5) is 8.95. The normalized spacial score (nSPS) is 10.7. The van der Waals surface area contributed by atoms with Crippen LogP contribution in [0, 0.1) is 9.39 Å². The molecule has 0 unspecified atom stereocenters. The van der Waals surface area contributed by atoms with Gasteiger partial charge < -0.3 is 10.1 Å². The van der Waals surface area contributed by atoms with E-state index in [-0.39, 0.29) is 5.82 Å². The van der Waals surface area contributed by atoms with Crippen LogP contribution in [-0.4, -0.2) is 24.1 Å². The summed E-state index contributed by atoms with van der Waals surface area (Å²) in [5, 5.41) is 3.03. The molecular weight excluding hydrogens is 440 g/mol. The van der Waals surface area contributed by atoms with Crippen LogP contribution < -0.4 is 5.32 Å². The van der Waals surface area contributed by atoms with Crippen LogP contribution in [-0.2, 0) is 11.3 Å². The molecule has 0 bridgehead atoms. The molecule has 0 saturated heterocycles. The monoisotopic (exact) mass is 451 g/mol. The first kappa shape index (κ1) is 15.6. The Labute approximate surface area is 138 Å². The van der Waals surface area contributed by atoms with Gasteiger partial charge in [0.15, 0.2) is 5.82 Å². The van der Waals surface area contributed by atoms with Crippen LogP contribution in [0.3, 0.4) is 0 Å². The van der Waals surface area contributed by atoms with Crippen molar-refractivity contribution >= 4 is 44.3 Å². The van der Waals surface area contributed by atoms with Crippen molar-refractivity contribution < 1.29 is 9.13 Å². The first-order valence-electron chi connectivity index (χ1n) is 5.75. The van der Waals surface area contributed by atoms with Crippen molar-refractivity contribution in [3.05, 3.63) is 37.8 Å². The van der Waals surface area contributed by atoms with Gasteiger partial charge in [-0.2, -0.15) is 0 Å². The summed E-state index contributed by atoms with van der Waals surface area (Å²) < 4.78 is 19.8. The number of aromatic nitrogens is 2. The Kier molecular flexibility index (Phi) is 5.28. The summed E-state index contributed by atoms with van der Waals surface area (Å²) in [5.74, 6) is 0.935. The molecule has 20 heavy (non-hydrogen) atoms. The third-order valence-electron chi connectivity index (χ3n) is 2.61. The molecule has 0 spiro atoms. The number of halogens is 3. The smallest absolute Gasteiger partial charge is 0.163 e. The molecule has 0 aliphatic rings. The first-order valence-corrected chi connectivity index (χ1v) is 7.62. The molecule has 0 amide bonds. The van der Waals surface area contributed by atoms with E-state index in [1.807, 2.05) is 0 Å². The van der Waals surface area contributed by atoms with Crippen LogP contribution in [0.4, 0.5) is 10.2 Å². The highest BCUT2D eigenvalue weighted by molar-refractivity contribution is 14.1. The molecule has 7 heteroatoms. The maximum Gasteiger partial charge on any atom is 0.163 e. The van der Waals surface area contributed by atoms with Gasteiger partial charge in [0.1, 0.15) is 11.6 Å². The van der Waals surface area contributed by atoms with E-state index in [4.69, 9.17) is 4.74 Å². The number of nitrogens with one attached hydrogen (secondary N) is 1. The van der Waals surface area contributed by atoms with Gasteiger partial charge in [-0.05, 0) is 56.7 Å². The Morgan fingerprint density at radius 1 is 1.40 bits per heavy atom. The van der Waals surface area contributed by atoms with Gasteiger partial charge in [0.05, 0.1) is 15.9 Å². The van der Waals surface area contributed by atoms with Crippen LogP contribution >= 0.6 is 38.5 Å². The Balaban J connectivity index is 2.58. The van der Waals surface area contributed by atoms with Gasteiger partial charge >= 0.3 is 0 Å².